The van der Waals surface area contributed by atoms with E-state index in [1.54, 1.807) is 7.11 Å². The van der Waals surface area contributed by atoms with Crippen molar-refractivity contribution in [2.24, 2.45) is 0 Å². The van der Waals surface area contributed by atoms with Crippen LogP contribution >= 0.6 is 0 Å². The zero-order valence-corrected chi connectivity index (χ0v) is 9.87. The van der Waals surface area contributed by atoms with Crippen LogP contribution in [0.15, 0.2) is 11.6 Å². The summed E-state index contributed by atoms with van der Waals surface area (Å²) in [4.78, 5) is 0. The Balaban J connectivity index is 1.90. The Morgan fingerprint density at radius 2 is 1.93 bits per heavy atom. The molecule has 2 rings (SSSR count). The minimum atomic E-state index is 0.273. The summed E-state index contributed by atoms with van der Waals surface area (Å²) >= 11 is 0. The third-order valence-electron chi connectivity index (χ3n) is 3.61. The summed E-state index contributed by atoms with van der Waals surface area (Å²) in [7, 11) is 1.80. The Hall–Kier alpha value is -0.340. The van der Waals surface area contributed by atoms with Crippen molar-refractivity contribution >= 4 is 0 Å². The highest BCUT2D eigenvalue weighted by Gasteiger charge is 2.28. The van der Waals surface area contributed by atoms with E-state index in [1.165, 1.54) is 31.3 Å². The van der Waals surface area contributed by atoms with Gasteiger partial charge in [0, 0.05) is 7.11 Å². The summed E-state index contributed by atoms with van der Waals surface area (Å²) in [5.74, 6) is 0. The van der Waals surface area contributed by atoms with Crippen molar-refractivity contribution in [1.82, 2.24) is 0 Å². The van der Waals surface area contributed by atoms with Gasteiger partial charge in [0.2, 0.25) is 0 Å². The maximum atomic E-state index is 6.16. The normalized spacial score (nSPS) is 33.1. The van der Waals surface area contributed by atoms with Crippen molar-refractivity contribution in [3.05, 3.63) is 11.6 Å². The summed E-state index contributed by atoms with van der Waals surface area (Å²) in [6, 6.07) is 0. The van der Waals surface area contributed by atoms with E-state index in [2.05, 4.69) is 13.0 Å². The SMILES string of the molecule is COC1CC=C(C)CC1OC1CCCC1. The van der Waals surface area contributed by atoms with Crippen molar-refractivity contribution in [1.29, 1.82) is 0 Å². The largest absolute Gasteiger partial charge is 0.378 e. The van der Waals surface area contributed by atoms with Crippen molar-refractivity contribution in [2.75, 3.05) is 7.11 Å². The molecule has 2 aliphatic rings. The molecular weight excluding hydrogens is 188 g/mol. The van der Waals surface area contributed by atoms with Gasteiger partial charge in [-0.25, -0.2) is 0 Å². The molecule has 2 unspecified atom stereocenters. The van der Waals surface area contributed by atoms with E-state index >= 15 is 0 Å². The van der Waals surface area contributed by atoms with Gasteiger partial charge in [0.05, 0.1) is 18.3 Å². The Morgan fingerprint density at radius 3 is 2.60 bits per heavy atom. The van der Waals surface area contributed by atoms with Crippen LogP contribution in [0.5, 0.6) is 0 Å². The van der Waals surface area contributed by atoms with Gasteiger partial charge in [-0.1, -0.05) is 24.5 Å². The molecule has 0 aromatic heterocycles. The molecular formula is C13H22O2. The molecule has 15 heavy (non-hydrogen) atoms. The van der Waals surface area contributed by atoms with Gasteiger partial charge in [0.25, 0.3) is 0 Å². The highest BCUT2D eigenvalue weighted by atomic mass is 16.5. The first kappa shape index (κ1) is 11.2. The third kappa shape index (κ3) is 2.82. The Kier molecular flexibility index (Phi) is 3.81. The van der Waals surface area contributed by atoms with Crippen molar-refractivity contribution < 1.29 is 9.47 Å². The lowest BCUT2D eigenvalue weighted by molar-refractivity contribution is -0.0891. The average molecular weight is 210 g/mol. The molecule has 0 saturated heterocycles. The second-order valence-corrected chi connectivity index (χ2v) is 4.85. The lowest BCUT2D eigenvalue weighted by Gasteiger charge is -2.31. The number of ether oxygens (including phenoxy) is 2. The van der Waals surface area contributed by atoms with Crippen LogP contribution in [0.3, 0.4) is 0 Å². The van der Waals surface area contributed by atoms with E-state index in [0.717, 1.165) is 12.8 Å². The molecule has 0 spiro atoms. The van der Waals surface area contributed by atoms with E-state index < -0.39 is 0 Å². The quantitative estimate of drug-likeness (QED) is 0.666. The van der Waals surface area contributed by atoms with Crippen LogP contribution in [0.4, 0.5) is 0 Å². The monoisotopic (exact) mass is 210 g/mol. The maximum Gasteiger partial charge on any atom is 0.0880 e. The van der Waals surface area contributed by atoms with Crippen LogP contribution < -0.4 is 0 Å². The molecule has 0 heterocycles. The van der Waals surface area contributed by atoms with Gasteiger partial charge in [-0.05, 0) is 32.6 Å². The molecule has 1 saturated carbocycles. The Bertz CT molecular complexity index is 229. The summed E-state index contributed by atoms with van der Waals surface area (Å²) in [5.41, 5.74) is 1.45. The molecule has 0 aliphatic heterocycles. The fourth-order valence-electron chi connectivity index (χ4n) is 2.66. The van der Waals surface area contributed by atoms with Crippen molar-refractivity contribution in [3.63, 3.8) is 0 Å². The predicted molar refractivity (Wildman–Crippen MR) is 60.9 cm³/mol. The summed E-state index contributed by atoms with van der Waals surface area (Å²) < 4.78 is 11.7. The van der Waals surface area contributed by atoms with Crippen LogP contribution in [0.25, 0.3) is 0 Å². The molecule has 2 nitrogen and oxygen atoms in total. The molecule has 1 fully saturated rings. The van der Waals surface area contributed by atoms with Gasteiger partial charge in [-0.3, -0.25) is 0 Å². The molecule has 2 atom stereocenters. The van der Waals surface area contributed by atoms with Gasteiger partial charge in [0.15, 0.2) is 0 Å². The first-order valence-electron chi connectivity index (χ1n) is 6.13. The summed E-state index contributed by atoms with van der Waals surface area (Å²) in [6.07, 6.45) is 10.6. The molecule has 0 amide bonds. The second-order valence-electron chi connectivity index (χ2n) is 4.85. The van der Waals surface area contributed by atoms with Gasteiger partial charge >= 0.3 is 0 Å². The minimum Gasteiger partial charge on any atom is -0.378 e. The number of hydrogen-bond donors (Lipinski definition) is 0. The number of hydrogen-bond acceptors (Lipinski definition) is 2. The standard InChI is InChI=1S/C13H22O2/c1-10-7-8-12(14-2)13(9-10)15-11-5-3-4-6-11/h7,11-13H,3-6,8-9H2,1-2H3. The third-order valence-corrected chi connectivity index (χ3v) is 3.61. The van der Waals surface area contributed by atoms with E-state index in [1.807, 2.05) is 0 Å². The fraction of sp³-hybridized carbons (Fsp3) is 0.846. The molecule has 2 heteroatoms. The van der Waals surface area contributed by atoms with E-state index in [-0.39, 0.29) is 6.10 Å². The van der Waals surface area contributed by atoms with Crippen molar-refractivity contribution in [3.8, 4) is 0 Å². The zero-order chi connectivity index (χ0) is 10.7. The molecule has 86 valence electrons. The van der Waals surface area contributed by atoms with E-state index in [9.17, 15) is 0 Å². The smallest absolute Gasteiger partial charge is 0.0880 e. The highest BCUT2D eigenvalue weighted by molar-refractivity contribution is 5.07. The predicted octanol–water partition coefficient (Wildman–Crippen LogP) is 3.07. The first-order chi connectivity index (χ1) is 7.29. The number of methoxy groups -OCH3 is 1. The van der Waals surface area contributed by atoms with E-state index in [0.29, 0.717) is 12.2 Å². The fourth-order valence-corrected chi connectivity index (χ4v) is 2.66. The molecule has 0 radical (unpaired) electrons. The topological polar surface area (TPSA) is 18.5 Å². The van der Waals surface area contributed by atoms with Crippen LogP contribution in [-0.4, -0.2) is 25.4 Å². The van der Waals surface area contributed by atoms with Gasteiger partial charge in [0.1, 0.15) is 0 Å². The van der Waals surface area contributed by atoms with Crippen LogP contribution in [0, 0.1) is 0 Å². The van der Waals surface area contributed by atoms with Crippen molar-refractivity contribution in [2.45, 2.75) is 63.8 Å². The van der Waals surface area contributed by atoms with Gasteiger partial charge in [-0.2, -0.15) is 0 Å². The second kappa shape index (κ2) is 5.13. The molecule has 2 aliphatic carbocycles. The molecule has 0 aromatic carbocycles. The lowest BCUT2D eigenvalue weighted by Crippen LogP contribution is -2.35. The number of rotatable bonds is 3. The summed E-state index contributed by atoms with van der Waals surface area (Å²) in [6.45, 7) is 2.19. The Labute approximate surface area is 92.6 Å². The average Bonchev–Trinajstić information content (AvgIpc) is 2.71. The maximum absolute atomic E-state index is 6.16. The van der Waals surface area contributed by atoms with Crippen LogP contribution in [0.2, 0.25) is 0 Å². The van der Waals surface area contributed by atoms with Gasteiger partial charge < -0.3 is 9.47 Å². The zero-order valence-electron chi connectivity index (χ0n) is 9.87. The van der Waals surface area contributed by atoms with Crippen LogP contribution in [0.1, 0.15) is 45.4 Å². The molecule has 0 aromatic rings. The van der Waals surface area contributed by atoms with Crippen LogP contribution in [-0.2, 0) is 9.47 Å². The minimum absolute atomic E-state index is 0.273. The highest BCUT2D eigenvalue weighted by Crippen LogP contribution is 2.29. The molecule has 0 N–H and O–H groups in total. The Morgan fingerprint density at radius 1 is 1.20 bits per heavy atom. The lowest BCUT2D eigenvalue weighted by atomic mass is 9.95. The van der Waals surface area contributed by atoms with Gasteiger partial charge in [-0.15, -0.1) is 0 Å². The summed E-state index contributed by atoms with van der Waals surface area (Å²) in [5, 5.41) is 0. The first-order valence-corrected chi connectivity index (χ1v) is 6.13. The van der Waals surface area contributed by atoms with E-state index in [4.69, 9.17) is 9.47 Å². The molecule has 0 bridgehead atoms.